The number of hydrogen-bond donors (Lipinski definition) is 3. The van der Waals surface area contributed by atoms with Crippen LogP contribution in [0.5, 0.6) is 5.75 Å². The van der Waals surface area contributed by atoms with Gasteiger partial charge in [0.05, 0.1) is 17.0 Å². The molecule has 2 aromatic carbocycles. The van der Waals surface area contributed by atoms with Gasteiger partial charge in [0.2, 0.25) is 0 Å². The molecule has 0 fully saturated rings. The van der Waals surface area contributed by atoms with Gasteiger partial charge in [0.15, 0.2) is 0 Å². The number of halogens is 1. The van der Waals surface area contributed by atoms with E-state index in [1.807, 2.05) is 30.3 Å². The Morgan fingerprint density at radius 3 is 2.74 bits per heavy atom. The summed E-state index contributed by atoms with van der Waals surface area (Å²) >= 11 is 3.23. The minimum atomic E-state index is -0.467. The van der Waals surface area contributed by atoms with Crippen molar-refractivity contribution in [2.75, 3.05) is 0 Å². The highest BCUT2D eigenvalue weighted by molar-refractivity contribution is 9.10. The maximum Gasteiger partial charge on any atom is 0.275 e. The van der Waals surface area contributed by atoms with E-state index >= 15 is 0 Å². The number of phenols is 1. The number of amides is 1. The molecule has 1 amide bonds. The Labute approximate surface area is 141 Å². The van der Waals surface area contributed by atoms with Crippen LogP contribution in [0.25, 0.3) is 10.9 Å². The highest BCUT2D eigenvalue weighted by Gasteiger charge is 2.11. The molecule has 116 valence electrons. The standard InChI is InChI=1S/C17H14BrN3O2/c1-10(15-8-11-4-2-3-5-14(11)19-15)20-21-17(23)13-7-6-12(18)9-16(13)22/h2-9,19,22H,1H3,(H,21,23)/b20-10+. The molecule has 0 radical (unpaired) electrons. The largest absolute Gasteiger partial charge is 0.507 e. The maximum absolute atomic E-state index is 12.1. The van der Waals surface area contributed by atoms with Crippen LogP contribution in [-0.4, -0.2) is 21.7 Å². The summed E-state index contributed by atoms with van der Waals surface area (Å²) in [6.07, 6.45) is 0. The molecule has 3 N–H and O–H groups in total. The van der Waals surface area contributed by atoms with E-state index in [1.54, 1.807) is 13.0 Å². The van der Waals surface area contributed by atoms with Crippen LogP contribution in [0.2, 0.25) is 0 Å². The van der Waals surface area contributed by atoms with Crippen molar-refractivity contribution >= 4 is 38.5 Å². The zero-order valence-electron chi connectivity index (χ0n) is 12.3. The Balaban J connectivity index is 1.79. The van der Waals surface area contributed by atoms with Crippen LogP contribution >= 0.6 is 15.9 Å². The number of aromatic amines is 1. The topological polar surface area (TPSA) is 77.5 Å². The van der Waals surface area contributed by atoms with Crippen LogP contribution in [0.15, 0.2) is 58.1 Å². The van der Waals surface area contributed by atoms with Gasteiger partial charge in [-0.15, -0.1) is 0 Å². The highest BCUT2D eigenvalue weighted by Crippen LogP contribution is 2.22. The molecule has 0 aliphatic heterocycles. The lowest BCUT2D eigenvalue weighted by atomic mass is 10.2. The number of phenolic OH excluding ortho intramolecular Hbond substituents is 1. The van der Waals surface area contributed by atoms with Crippen LogP contribution in [0.1, 0.15) is 23.0 Å². The average Bonchev–Trinajstić information content (AvgIpc) is 2.96. The molecule has 6 heteroatoms. The first kappa shape index (κ1) is 15.3. The Morgan fingerprint density at radius 2 is 2.00 bits per heavy atom. The molecule has 0 saturated heterocycles. The van der Waals surface area contributed by atoms with Gasteiger partial charge in [0.25, 0.3) is 5.91 Å². The molecule has 5 nitrogen and oxygen atoms in total. The summed E-state index contributed by atoms with van der Waals surface area (Å²) in [5, 5.41) is 15.0. The number of H-pyrrole nitrogens is 1. The van der Waals surface area contributed by atoms with Crippen LogP contribution in [0.4, 0.5) is 0 Å². The fourth-order valence-electron chi connectivity index (χ4n) is 2.22. The number of rotatable bonds is 3. The summed E-state index contributed by atoms with van der Waals surface area (Å²) < 4.78 is 0.698. The van der Waals surface area contributed by atoms with Crippen molar-refractivity contribution in [3.63, 3.8) is 0 Å². The van der Waals surface area contributed by atoms with E-state index in [-0.39, 0.29) is 11.3 Å². The molecule has 3 aromatic rings. The molecular weight excluding hydrogens is 358 g/mol. The number of nitrogens with zero attached hydrogens (tertiary/aromatic N) is 1. The molecule has 0 spiro atoms. The van der Waals surface area contributed by atoms with Crippen molar-refractivity contribution < 1.29 is 9.90 Å². The van der Waals surface area contributed by atoms with Crippen molar-refractivity contribution in [2.24, 2.45) is 5.10 Å². The van der Waals surface area contributed by atoms with Crippen LogP contribution in [-0.2, 0) is 0 Å². The lowest BCUT2D eigenvalue weighted by Crippen LogP contribution is -2.19. The number of carbonyl (C=O) groups excluding carboxylic acids is 1. The van der Waals surface area contributed by atoms with Crippen molar-refractivity contribution in [1.29, 1.82) is 0 Å². The summed E-state index contributed by atoms with van der Waals surface area (Å²) in [6.45, 7) is 1.80. The van der Waals surface area contributed by atoms with Crippen molar-refractivity contribution in [1.82, 2.24) is 10.4 Å². The molecule has 0 saturated carbocycles. The van der Waals surface area contributed by atoms with Gasteiger partial charge in [-0.2, -0.15) is 5.10 Å². The van der Waals surface area contributed by atoms with Crippen LogP contribution in [0, 0.1) is 0 Å². The molecule has 23 heavy (non-hydrogen) atoms. The van der Waals surface area contributed by atoms with Gasteiger partial charge in [-0.3, -0.25) is 4.79 Å². The monoisotopic (exact) mass is 371 g/mol. The molecule has 1 heterocycles. The highest BCUT2D eigenvalue weighted by atomic mass is 79.9. The number of nitrogens with one attached hydrogen (secondary N) is 2. The fraction of sp³-hybridized carbons (Fsp3) is 0.0588. The second-order valence-electron chi connectivity index (χ2n) is 5.07. The van der Waals surface area contributed by atoms with Crippen molar-refractivity contribution in [3.8, 4) is 5.75 Å². The number of carbonyl (C=O) groups is 1. The minimum absolute atomic E-state index is 0.102. The minimum Gasteiger partial charge on any atom is -0.507 e. The van der Waals surface area contributed by atoms with E-state index < -0.39 is 5.91 Å². The number of hydrazone groups is 1. The molecule has 1 aromatic heterocycles. The first-order valence-corrected chi connectivity index (χ1v) is 7.75. The Kier molecular flexibility index (Phi) is 4.16. The third-order valence-corrected chi connectivity index (χ3v) is 3.94. The van der Waals surface area contributed by atoms with Gasteiger partial charge < -0.3 is 10.1 Å². The smallest absolute Gasteiger partial charge is 0.275 e. The predicted molar refractivity (Wildman–Crippen MR) is 93.8 cm³/mol. The van der Waals surface area contributed by atoms with E-state index in [2.05, 4.69) is 31.4 Å². The third kappa shape index (κ3) is 3.27. The molecule has 3 rings (SSSR count). The molecule has 0 bridgehead atoms. The second-order valence-corrected chi connectivity index (χ2v) is 5.99. The molecular formula is C17H14BrN3O2. The molecule has 0 aliphatic carbocycles. The zero-order chi connectivity index (χ0) is 16.4. The van der Waals surface area contributed by atoms with Gasteiger partial charge in [0.1, 0.15) is 5.75 Å². The molecule has 0 atom stereocenters. The summed E-state index contributed by atoms with van der Waals surface area (Å²) in [5.41, 5.74) is 5.10. The first-order valence-electron chi connectivity index (χ1n) is 6.96. The number of benzene rings is 2. The number of hydrogen-bond acceptors (Lipinski definition) is 3. The molecule has 0 aliphatic rings. The van der Waals surface area contributed by atoms with Crippen molar-refractivity contribution in [3.05, 3.63) is 64.3 Å². The van der Waals surface area contributed by atoms with Gasteiger partial charge in [-0.25, -0.2) is 5.43 Å². The van der Waals surface area contributed by atoms with E-state index in [0.717, 1.165) is 16.6 Å². The third-order valence-electron chi connectivity index (χ3n) is 3.45. The second kappa shape index (κ2) is 6.26. The van der Waals surface area contributed by atoms with E-state index in [0.29, 0.717) is 10.2 Å². The summed E-state index contributed by atoms with van der Waals surface area (Å²) in [4.78, 5) is 15.3. The van der Waals surface area contributed by atoms with Gasteiger partial charge in [-0.05, 0) is 37.3 Å². The van der Waals surface area contributed by atoms with Gasteiger partial charge in [0, 0.05) is 15.4 Å². The lowest BCUT2D eigenvalue weighted by molar-refractivity contribution is 0.0952. The number of para-hydroxylation sites is 1. The summed E-state index contributed by atoms with van der Waals surface area (Å²) in [7, 11) is 0. The Hall–Kier alpha value is -2.60. The van der Waals surface area contributed by atoms with E-state index in [1.165, 1.54) is 12.1 Å². The zero-order valence-corrected chi connectivity index (χ0v) is 13.9. The SMILES string of the molecule is C/C(=N\NC(=O)c1ccc(Br)cc1O)c1cc2ccccc2[nH]1. The average molecular weight is 372 g/mol. The van der Waals surface area contributed by atoms with Gasteiger partial charge >= 0.3 is 0 Å². The van der Waals surface area contributed by atoms with Crippen molar-refractivity contribution in [2.45, 2.75) is 6.92 Å². The summed E-state index contributed by atoms with van der Waals surface area (Å²) in [6, 6.07) is 14.5. The van der Waals surface area contributed by atoms with Gasteiger partial charge in [-0.1, -0.05) is 34.1 Å². The van der Waals surface area contributed by atoms with E-state index in [4.69, 9.17) is 0 Å². The van der Waals surface area contributed by atoms with Crippen LogP contribution < -0.4 is 5.43 Å². The Morgan fingerprint density at radius 1 is 1.22 bits per heavy atom. The molecule has 0 unspecified atom stereocenters. The van der Waals surface area contributed by atoms with E-state index in [9.17, 15) is 9.90 Å². The quantitative estimate of drug-likeness (QED) is 0.483. The maximum atomic E-state index is 12.1. The number of fused-ring (bicyclic) bond motifs is 1. The van der Waals surface area contributed by atoms with Crippen LogP contribution in [0.3, 0.4) is 0 Å². The normalized spacial score (nSPS) is 11.7. The predicted octanol–water partition coefficient (Wildman–Crippen LogP) is 3.79. The first-order chi connectivity index (χ1) is 11.0. The summed E-state index contributed by atoms with van der Waals surface area (Å²) in [5.74, 6) is -0.569. The Bertz CT molecular complexity index is 882. The fourth-order valence-corrected chi connectivity index (χ4v) is 2.57. The number of aromatic nitrogens is 1. The lowest BCUT2D eigenvalue weighted by Gasteiger charge is -2.04. The number of aromatic hydroxyl groups is 1.